The van der Waals surface area contributed by atoms with Crippen molar-refractivity contribution in [2.75, 3.05) is 0 Å². The zero-order valence-corrected chi connectivity index (χ0v) is 10.5. The van der Waals surface area contributed by atoms with Gasteiger partial charge in [-0.1, -0.05) is 18.2 Å². The number of aryl methyl sites for hydroxylation is 2. The van der Waals surface area contributed by atoms with E-state index in [1.165, 1.54) is 13.8 Å². The summed E-state index contributed by atoms with van der Waals surface area (Å²) >= 11 is 0. The zero-order valence-electron chi connectivity index (χ0n) is 10.5. The minimum Gasteiger partial charge on any atom is -0.510 e. The normalized spacial score (nSPS) is 12.7. The smallest absolute Gasteiger partial charge is 0.183 e. The van der Waals surface area contributed by atoms with Crippen LogP contribution in [0, 0.1) is 13.8 Å². The molecule has 90 valence electrons. The van der Waals surface area contributed by atoms with Crippen molar-refractivity contribution in [1.82, 2.24) is 0 Å². The Morgan fingerprint density at radius 3 is 2.12 bits per heavy atom. The van der Waals surface area contributed by atoms with Gasteiger partial charge in [-0.05, 0) is 31.9 Å². The maximum absolute atomic E-state index is 11.2. The Labute approximate surface area is 101 Å². The van der Waals surface area contributed by atoms with Crippen molar-refractivity contribution < 1.29 is 9.90 Å². The van der Waals surface area contributed by atoms with E-state index < -0.39 is 0 Å². The molecule has 0 radical (unpaired) electrons. The van der Waals surface area contributed by atoms with Crippen LogP contribution in [0.25, 0.3) is 0 Å². The standard InChI is InChI=1S/C13H16N2O2/c1-8-6-5-7-9(2)12(8)14-15-13(10(3)16)11(4)17/h5-7,16H,1-4H3. The van der Waals surface area contributed by atoms with E-state index in [1.54, 1.807) is 0 Å². The van der Waals surface area contributed by atoms with Gasteiger partial charge >= 0.3 is 0 Å². The van der Waals surface area contributed by atoms with Gasteiger partial charge in [0.25, 0.3) is 0 Å². The molecular weight excluding hydrogens is 216 g/mol. The van der Waals surface area contributed by atoms with Crippen molar-refractivity contribution >= 4 is 11.5 Å². The SMILES string of the molecule is CC(=O)C(N=Nc1c(C)cccc1C)=C(C)O. The number of aliphatic hydroxyl groups is 1. The third-order valence-corrected chi connectivity index (χ3v) is 2.37. The average molecular weight is 232 g/mol. The highest BCUT2D eigenvalue weighted by Gasteiger charge is 2.07. The molecule has 0 aliphatic heterocycles. The van der Waals surface area contributed by atoms with Crippen molar-refractivity contribution in [2.45, 2.75) is 27.7 Å². The number of nitrogens with zero attached hydrogens (tertiary/aromatic N) is 2. The van der Waals surface area contributed by atoms with E-state index in [9.17, 15) is 9.90 Å². The summed E-state index contributed by atoms with van der Waals surface area (Å²) in [5.74, 6) is -0.424. The van der Waals surface area contributed by atoms with E-state index in [0.717, 1.165) is 16.8 Å². The Hall–Kier alpha value is -1.97. The summed E-state index contributed by atoms with van der Waals surface area (Å²) in [4.78, 5) is 11.2. The van der Waals surface area contributed by atoms with Crippen molar-refractivity contribution in [1.29, 1.82) is 0 Å². The number of aliphatic hydroxyl groups excluding tert-OH is 1. The lowest BCUT2D eigenvalue weighted by Crippen LogP contribution is -1.96. The highest BCUT2D eigenvalue weighted by atomic mass is 16.3. The van der Waals surface area contributed by atoms with Crippen LogP contribution >= 0.6 is 0 Å². The predicted molar refractivity (Wildman–Crippen MR) is 66.4 cm³/mol. The van der Waals surface area contributed by atoms with E-state index in [0.29, 0.717) is 0 Å². The number of allylic oxidation sites excluding steroid dienone is 2. The fourth-order valence-electron chi connectivity index (χ4n) is 1.46. The third-order valence-electron chi connectivity index (χ3n) is 2.37. The van der Waals surface area contributed by atoms with Gasteiger partial charge in [-0.15, -0.1) is 10.2 Å². The second-order valence-corrected chi connectivity index (χ2v) is 3.93. The van der Waals surface area contributed by atoms with E-state index in [2.05, 4.69) is 10.2 Å². The molecule has 0 saturated carbocycles. The maximum Gasteiger partial charge on any atom is 0.183 e. The number of hydrogen-bond donors (Lipinski definition) is 1. The summed E-state index contributed by atoms with van der Waals surface area (Å²) in [5.41, 5.74) is 2.68. The molecule has 0 fully saturated rings. The molecule has 0 saturated heterocycles. The molecule has 0 spiro atoms. The molecule has 0 unspecified atom stereocenters. The molecule has 0 aliphatic rings. The predicted octanol–water partition coefficient (Wildman–Crippen LogP) is 3.77. The molecule has 4 heteroatoms. The van der Waals surface area contributed by atoms with Gasteiger partial charge in [-0.2, -0.15) is 0 Å². The molecule has 0 aliphatic carbocycles. The summed E-state index contributed by atoms with van der Waals surface area (Å²) in [7, 11) is 0. The lowest BCUT2D eigenvalue weighted by Gasteiger charge is -2.03. The third kappa shape index (κ3) is 3.24. The first-order chi connectivity index (χ1) is 7.93. The van der Waals surface area contributed by atoms with Crippen LogP contribution in [0.3, 0.4) is 0 Å². The van der Waals surface area contributed by atoms with E-state index in [1.807, 2.05) is 32.0 Å². The molecule has 0 amide bonds. The molecule has 4 nitrogen and oxygen atoms in total. The minimum atomic E-state index is -0.306. The Balaban J connectivity index is 3.14. The van der Waals surface area contributed by atoms with Crippen molar-refractivity contribution in [2.24, 2.45) is 10.2 Å². The van der Waals surface area contributed by atoms with Gasteiger partial charge in [-0.25, -0.2) is 0 Å². The van der Waals surface area contributed by atoms with Gasteiger partial charge < -0.3 is 5.11 Å². The van der Waals surface area contributed by atoms with E-state index in [-0.39, 0.29) is 17.2 Å². The Kier molecular flexibility index (Phi) is 4.15. The van der Waals surface area contributed by atoms with Crippen LogP contribution in [0.1, 0.15) is 25.0 Å². The maximum atomic E-state index is 11.2. The first kappa shape index (κ1) is 13.1. The number of carbonyl (C=O) groups is 1. The number of benzene rings is 1. The molecule has 1 aromatic rings. The summed E-state index contributed by atoms with van der Waals surface area (Å²) in [6, 6.07) is 5.78. The Morgan fingerprint density at radius 2 is 1.71 bits per heavy atom. The molecule has 1 N–H and O–H groups in total. The molecule has 1 rings (SSSR count). The number of Topliss-reactive ketones (excluding diaryl/α,β-unsaturated/α-hetero) is 1. The second kappa shape index (κ2) is 5.39. The molecule has 0 aromatic heterocycles. The largest absolute Gasteiger partial charge is 0.510 e. The van der Waals surface area contributed by atoms with Crippen LogP contribution in [0.4, 0.5) is 5.69 Å². The molecular formula is C13H16N2O2. The molecule has 17 heavy (non-hydrogen) atoms. The zero-order chi connectivity index (χ0) is 13.0. The van der Waals surface area contributed by atoms with Gasteiger partial charge in [0.2, 0.25) is 0 Å². The van der Waals surface area contributed by atoms with Gasteiger partial charge in [-0.3, -0.25) is 4.79 Å². The molecule has 1 aromatic carbocycles. The first-order valence-electron chi connectivity index (χ1n) is 5.32. The minimum absolute atomic E-state index is 0.00680. The fourth-order valence-corrected chi connectivity index (χ4v) is 1.46. The number of carbonyl (C=O) groups excluding carboxylic acids is 1. The van der Waals surface area contributed by atoms with E-state index >= 15 is 0 Å². The van der Waals surface area contributed by atoms with Crippen LogP contribution in [0.2, 0.25) is 0 Å². The number of azo groups is 1. The van der Waals surface area contributed by atoms with Crippen LogP contribution in [0.15, 0.2) is 39.9 Å². The number of ketones is 1. The average Bonchev–Trinajstić information content (AvgIpc) is 2.21. The number of hydrogen-bond acceptors (Lipinski definition) is 4. The van der Waals surface area contributed by atoms with Crippen LogP contribution in [-0.2, 0) is 4.79 Å². The van der Waals surface area contributed by atoms with Gasteiger partial charge in [0.05, 0.1) is 5.69 Å². The summed E-state index contributed by atoms with van der Waals surface area (Å²) in [6.45, 7) is 6.61. The highest BCUT2D eigenvalue weighted by Crippen LogP contribution is 2.24. The lowest BCUT2D eigenvalue weighted by molar-refractivity contribution is -0.113. The Bertz CT molecular complexity index is 478. The van der Waals surface area contributed by atoms with Crippen molar-refractivity contribution in [3.63, 3.8) is 0 Å². The van der Waals surface area contributed by atoms with Crippen molar-refractivity contribution in [3.05, 3.63) is 40.8 Å². The van der Waals surface area contributed by atoms with Crippen LogP contribution in [-0.4, -0.2) is 10.9 Å². The second-order valence-electron chi connectivity index (χ2n) is 3.93. The summed E-state index contributed by atoms with van der Waals surface area (Å²) in [5, 5.41) is 17.2. The van der Waals surface area contributed by atoms with Crippen LogP contribution < -0.4 is 0 Å². The highest BCUT2D eigenvalue weighted by molar-refractivity contribution is 5.93. The van der Waals surface area contributed by atoms with Gasteiger partial charge in [0.1, 0.15) is 5.76 Å². The quantitative estimate of drug-likeness (QED) is 0.490. The molecule has 0 atom stereocenters. The topological polar surface area (TPSA) is 62.0 Å². The van der Waals surface area contributed by atoms with Crippen molar-refractivity contribution in [3.8, 4) is 0 Å². The first-order valence-corrected chi connectivity index (χ1v) is 5.32. The fraction of sp³-hybridized carbons (Fsp3) is 0.308. The Morgan fingerprint density at radius 1 is 1.18 bits per heavy atom. The van der Waals surface area contributed by atoms with Gasteiger partial charge in [0.15, 0.2) is 11.5 Å². The molecule has 0 heterocycles. The summed E-state index contributed by atoms with van der Waals surface area (Å²) in [6.07, 6.45) is 0. The molecule has 0 bridgehead atoms. The monoisotopic (exact) mass is 232 g/mol. The van der Waals surface area contributed by atoms with E-state index in [4.69, 9.17) is 0 Å². The lowest BCUT2D eigenvalue weighted by atomic mass is 10.1. The van der Waals surface area contributed by atoms with Gasteiger partial charge in [0, 0.05) is 6.92 Å². The van der Waals surface area contributed by atoms with Crippen LogP contribution in [0.5, 0.6) is 0 Å². The number of rotatable bonds is 3. The summed E-state index contributed by atoms with van der Waals surface area (Å²) < 4.78 is 0.